The summed E-state index contributed by atoms with van der Waals surface area (Å²) >= 11 is 0. The molecule has 1 heterocycles. The molecule has 1 aromatic carbocycles. The summed E-state index contributed by atoms with van der Waals surface area (Å²) in [6.45, 7) is 4.43. The maximum Gasteiger partial charge on any atom is 0.320 e. The highest BCUT2D eigenvalue weighted by molar-refractivity contribution is 5.53. The Morgan fingerprint density at radius 2 is 2.00 bits per heavy atom. The summed E-state index contributed by atoms with van der Waals surface area (Å²) in [5.41, 5.74) is -0.409. The number of rotatable bonds is 5. The van der Waals surface area contributed by atoms with Crippen LogP contribution in [0.5, 0.6) is 0 Å². The van der Waals surface area contributed by atoms with Gasteiger partial charge in [0, 0.05) is 12.1 Å². The van der Waals surface area contributed by atoms with Crippen molar-refractivity contribution in [2.45, 2.75) is 19.9 Å². The first kappa shape index (κ1) is 14.3. The lowest BCUT2D eigenvalue weighted by Gasteiger charge is -2.06. The van der Waals surface area contributed by atoms with E-state index in [9.17, 15) is 13.2 Å². The highest BCUT2D eigenvalue weighted by atomic mass is 19.2. The van der Waals surface area contributed by atoms with Crippen molar-refractivity contribution in [1.29, 1.82) is 0 Å². The van der Waals surface area contributed by atoms with E-state index in [1.54, 1.807) is 0 Å². The standard InChI is InChI=1S/C12H13F3N4O/c1-3-16-6(2)11-18-19-12(20-11)17-9-5-7(13)4-8(14)10(9)15/h4-6,16H,3H2,1-2H3,(H,17,19). The van der Waals surface area contributed by atoms with Gasteiger partial charge in [-0.2, -0.15) is 0 Å². The van der Waals surface area contributed by atoms with Crippen molar-refractivity contribution in [3.8, 4) is 0 Å². The largest absolute Gasteiger partial charge is 0.406 e. The van der Waals surface area contributed by atoms with Gasteiger partial charge in [-0.1, -0.05) is 12.0 Å². The Hall–Kier alpha value is -2.09. The molecule has 2 aromatic rings. The summed E-state index contributed by atoms with van der Waals surface area (Å²) in [5.74, 6) is -3.14. The van der Waals surface area contributed by atoms with Crippen molar-refractivity contribution in [1.82, 2.24) is 15.5 Å². The maximum atomic E-state index is 13.4. The molecule has 0 saturated carbocycles. The summed E-state index contributed by atoms with van der Waals surface area (Å²) in [5, 5.41) is 12.8. The summed E-state index contributed by atoms with van der Waals surface area (Å²) in [4.78, 5) is 0. The van der Waals surface area contributed by atoms with Crippen LogP contribution in [0.25, 0.3) is 0 Å². The van der Waals surface area contributed by atoms with Gasteiger partial charge < -0.3 is 15.1 Å². The first-order valence-corrected chi connectivity index (χ1v) is 5.99. The van der Waals surface area contributed by atoms with E-state index in [1.165, 1.54) is 0 Å². The fourth-order valence-corrected chi connectivity index (χ4v) is 1.62. The fraction of sp³-hybridized carbons (Fsp3) is 0.333. The molecule has 0 bridgehead atoms. The molecule has 0 aliphatic carbocycles. The molecule has 20 heavy (non-hydrogen) atoms. The molecule has 0 aliphatic rings. The molecule has 0 spiro atoms. The predicted molar refractivity (Wildman–Crippen MR) is 66.0 cm³/mol. The molecule has 0 fully saturated rings. The zero-order valence-electron chi connectivity index (χ0n) is 10.9. The topological polar surface area (TPSA) is 63.0 Å². The highest BCUT2D eigenvalue weighted by Crippen LogP contribution is 2.23. The van der Waals surface area contributed by atoms with Crippen LogP contribution in [0.4, 0.5) is 24.9 Å². The molecule has 1 atom stereocenters. The van der Waals surface area contributed by atoms with Crippen LogP contribution in [-0.2, 0) is 0 Å². The second-order valence-electron chi connectivity index (χ2n) is 4.10. The van der Waals surface area contributed by atoms with Crippen molar-refractivity contribution in [2.24, 2.45) is 0 Å². The lowest BCUT2D eigenvalue weighted by Crippen LogP contribution is -2.17. The van der Waals surface area contributed by atoms with Crippen molar-refractivity contribution >= 4 is 11.7 Å². The zero-order valence-corrected chi connectivity index (χ0v) is 10.9. The Morgan fingerprint density at radius 1 is 1.25 bits per heavy atom. The molecule has 0 aliphatic heterocycles. The van der Waals surface area contributed by atoms with E-state index in [4.69, 9.17) is 4.42 Å². The van der Waals surface area contributed by atoms with Gasteiger partial charge in [-0.05, 0) is 13.5 Å². The molecule has 2 rings (SSSR count). The van der Waals surface area contributed by atoms with Crippen molar-refractivity contribution in [2.75, 3.05) is 11.9 Å². The summed E-state index contributed by atoms with van der Waals surface area (Å²) in [6, 6.07) is 0.925. The minimum absolute atomic E-state index is 0.145. The van der Waals surface area contributed by atoms with Crippen molar-refractivity contribution in [3.63, 3.8) is 0 Å². The lowest BCUT2D eigenvalue weighted by molar-refractivity contribution is 0.430. The molecule has 8 heteroatoms. The number of nitrogens with one attached hydrogen (secondary N) is 2. The van der Waals surface area contributed by atoms with Crippen LogP contribution in [-0.4, -0.2) is 16.7 Å². The number of halogens is 3. The number of hydrogen-bond acceptors (Lipinski definition) is 5. The Morgan fingerprint density at radius 3 is 2.70 bits per heavy atom. The third-order valence-electron chi connectivity index (χ3n) is 2.56. The highest BCUT2D eigenvalue weighted by Gasteiger charge is 2.16. The van der Waals surface area contributed by atoms with Crippen LogP contribution in [0.15, 0.2) is 16.5 Å². The smallest absolute Gasteiger partial charge is 0.320 e. The zero-order chi connectivity index (χ0) is 14.7. The van der Waals surface area contributed by atoms with Crippen LogP contribution in [0.2, 0.25) is 0 Å². The monoisotopic (exact) mass is 286 g/mol. The Balaban J connectivity index is 2.19. The summed E-state index contributed by atoms with van der Waals surface area (Å²) < 4.78 is 44.7. The van der Waals surface area contributed by atoms with Gasteiger partial charge in [0.25, 0.3) is 0 Å². The van der Waals surface area contributed by atoms with Crippen molar-refractivity contribution in [3.05, 3.63) is 35.5 Å². The van der Waals surface area contributed by atoms with Gasteiger partial charge in [0.05, 0.1) is 11.7 Å². The van der Waals surface area contributed by atoms with Gasteiger partial charge in [0.1, 0.15) is 5.82 Å². The van der Waals surface area contributed by atoms with Crippen LogP contribution in [0, 0.1) is 17.5 Å². The quantitative estimate of drug-likeness (QED) is 0.827. The van der Waals surface area contributed by atoms with E-state index in [2.05, 4.69) is 20.8 Å². The molecular weight excluding hydrogens is 273 g/mol. The summed E-state index contributed by atoms with van der Waals surface area (Å²) in [7, 11) is 0. The molecule has 0 radical (unpaired) electrons. The molecule has 0 saturated heterocycles. The molecule has 5 nitrogen and oxygen atoms in total. The van der Waals surface area contributed by atoms with Crippen molar-refractivity contribution < 1.29 is 17.6 Å². The fourth-order valence-electron chi connectivity index (χ4n) is 1.62. The molecule has 1 unspecified atom stereocenters. The number of nitrogens with zero attached hydrogens (tertiary/aromatic N) is 2. The van der Waals surface area contributed by atoms with Crippen LogP contribution in [0.3, 0.4) is 0 Å². The average Bonchev–Trinajstić information content (AvgIpc) is 2.84. The lowest BCUT2D eigenvalue weighted by atomic mass is 10.3. The number of benzene rings is 1. The number of hydrogen-bond donors (Lipinski definition) is 2. The van der Waals surface area contributed by atoms with Gasteiger partial charge in [-0.3, -0.25) is 0 Å². The van der Waals surface area contributed by atoms with E-state index in [0.29, 0.717) is 12.6 Å². The van der Waals surface area contributed by atoms with Crippen LogP contribution in [0.1, 0.15) is 25.8 Å². The maximum absolute atomic E-state index is 13.4. The molecule has 2 N–H and O–H groups in total. The molecule has 0 amide bonds. The van der Waals surface area contributed by atoms with E-state index in [0.717, 1.165) is 6.07 Å². The minimum Gasteiger partial charge on any atom is -0.406 e. The Kier molecular flexibility index (Phi) is 4.23. The normalized spacial score (nSPS) is 12.4. The SMILES string of the molecule is CCNC(C)c1nnc(Nc2cc(F)cc(F)c2F)o1. The Bertz CT molecular complexity index is 602. The average molecular weight is 286 g/mol. The third-order valence-corrected chi connectivity index (χ3v) is 2.56. The van der Waals surface area contributed by atoms with E-state index < -0.39 is 23.1 Å². The first-order chi connectivity index (χ1) is 9.51. The molecule has 108 valence electrons. The van der Waals surface area contributed by atoms with E-state index >= 15 is 0 Å². The van der Waals surface area contributed by atoms with Crippen LogP contribution < -0.4 is 10.6 Å². The Labute approximate surface area is 113 Å². The van der Waals surface area contributed by atoms with Gasteiger partial charge in [0.2, 0.25) is 5.89 Å². The van der Waals surface area contributed by atoms with Gasteiger partial charge in [-0.15, -0.1) is 5.10 Å². The van der Waals surface area contributed by atoms with Gasteiger partial charge >= 0.3 is 6.01 Å². The van der Waals surface area contributed by atoms with E-state index in [1.807, 2.05) is 13.8 Å². The third kappa shape index (κ3) is 3.08. The first-order valence-electron chi connectivity index (χ1n) is 5.99. The van der Waals surface area contributed by atoms with Gasteiger partial charge in [-0.25, -0.2) is 13.2 Å². The molecule has 1 aromatic heterocycles. The summed E-state index contributed by atoms with van der Waals surface area (Å²) in [6.07, 6.45) is 0. The molecular formula is C12H13F3N4O. The van der Waals surface area contributed by atoms with E-state index in [-0.39, 0.29) is 17.9 Å². The predicted octanol–water partition coefficient (Wildman–Crippen LogP) is 2.90. The minimum atomic E-state index is -1.30. The number of aromatic nitrogens is 2. The number of anilines is 2. The van der Waals surface area contributed by atoms with Crippen LogP contribution >= 0.6 is 0 Å². The van der Waals surface area contributed by atoms with Gasteiger partial charge in [0.15, 0.2) is 11.6 Å². The second kappa shape index (κ2) is 5.91. The second-order valence-corrected chi connectivity index (χ2v) is 4.10.